The Balaban J connectivity index is 2.33. The summed E-state index contributed by atoms with van der Waals surface area (Å²) in [5.74, 6) is 1.04. The first-order valence-corrected chi connectivity index (χ1v) is 4.51. The van der Waals surface area contributed by atoms with Crippen LogP contribution in [0, 0.1) is 0 Å². The minimum Gasteiger partial charge on any atom is -0.348 e. The molecule has 0 radical (unpaired) electrons. The van der Waals surface area contributed by atoms with Crippen molar-refractivity contribution in [1.82, 2.24) is 14.5 Å². The van der Waals surface area contributed by atoms with Gasteiger partial charge in [0, 0.05) is 24.0 Å². The first-order chi connectivity index (χ1) is 6.95. The van der Waals surface area contributed by atoms with Crippen molar-refractivity contribution < 1.29 is 0 Å². The van der Waals surface area contributed by atoms with E-state index in [9.17, 15) is 0 Å². The van der Waals surface area contributed by atoms with Crippen LogP contribution in [0.2, 0.25) is 0 Å². The second-order valence-corrected chi connectivity index (χ2v) is 3.16. The molecule has 0 saturated heterocycles. The van der Waals surface area contributed by atoms with Crippen molar-refractivity contribution in [3.8, 4) is 5.82 Å². The maximum atomic E-state index is 4.34. The van der Waals surface area contributed by atoms with Crippen LogP contribution in [0.4, 0.5) is 0 Å². The number of hydrogen-bond donors (Lipinski definition) is 1. The highest BCUT2D eigenvalue weighted by molar-refractivity contribution is 5.77. The van der Waals surface area contributed by atoms with Gasteiger partial charge in [-0.1, -0.05) is 0 Å². The summed E-state index contributed by atoms with van der Waals surface area (Å²) >= 11 is 0. The van der Waals surface area contributed by atoms with Gasteiger partial charge in [0.05, 0.1) is 0 Å². The molecule has 0 saturated carbocycles. The average molecular weight is 183 g/mol. The molecule has 0 fully saturated rings. The highest BCUT2D eigenvalue weighted by Gasteiger charge is 2.02. The van der Waals surface area contributed by atoms with Crippen molar-refractivity contribution in [3.63, 3.8) is 0 Å². The predicted octanol–water partition coefficient (Wildman–Crippen LogP) is 2.35. The van der Waals surface area contributed by atoms with E-state index in [-0.39, 0.29) is 0 Å². The Bertz CT molecular complexity index is 549. The fourth-order valence-electron chi connectivity index (χ4n) is 1.63. The lowest BCUT2D eigenvalue weighted by molar-refractivity contribution is 1.04. The molecule has 3 aromatic rings. The molecule has 0 spiro atoms. The van der Waals surface area contributed by atoms with Crippen LogP contribution in [0.25, 0.3) is 16.9 Å². The van der Waals surface area contributed by atoms with Gasteiger partial charge in [-0.2, -0.15) is 0 Å². The summed E-state index contributed by atoms with van der Waals surface area (Å²) in [7, 11) is 0. The van der Waals surface area contributed by atoms with Gasteiger partial charge >= 0.3 is 0 Å². The van der Waals surface area contributed by atoms with E-state index in [0.29, 0.717) is 0 Å². The molecule has 0 aliphatic carbocycles. The molecule has 1 N–H and O–H groups in total. The number of fused-ring (bicyclic) bond motifs is 1. The molecule has 3 heterocycles. The summed E-state index contributed by atoms with van der Waals surface area (Å²) in [6, 6.07) is 10.1. The molecule has 3 rings (SSSR count). The van der Waals surface area contributed by atoms with Gasteiger partial charge < -0.3 is 4.98 Å². The van der Waals surface area contributed by atoms with Gasteiger partial charge in [0.1, 0.15) is 11.5 Å². The predicted molar refractivity (Wildman–Crippen MR) is 55.4 cm³/mol. The molecule has 14 heavy (non-hydrogen) atoms. The molecule has 0 aliphatic rings. The highest BCUT2D eigenvalue weighted by atomic mass is 15.1. The van der Waals surface area contributed by atoms with E-state index in [4.69, 9.17) is 0 Å². The maximum absolute atomic E-state index is 4.34. The fraction of sp³-hybridized carbons (Fsp3) is 0. The first kappa shape index (κ1) is 7.38. The Morgan fingerprint density at radius 1 is 1.14 bits per heavy atom. The van der Waals surface area contributed by atoms with Crippen LogP contribution in [0.3, 0.4) is 0 Å². The van der Waals surface area contributed by atoms with Crippen LogP contribution in [0.1, 0.15) is 0 Å². The monoisotopic (exact) mass is 183 g/mol. The number of aromatic amines is 1. The number of aromatic nitrogens is 3. The lowest BCUT2D eigenvalue weighted by Gasteiger charge is -1.99. The van der Waals surface area contributed by atoms with Crippen LogP contribution < -0.4 is 0 Å². The molecular weight excluding hydrogens is 174 g/mol. The Labute approximate surface area is 81.0 Å². The van der Waals surface area contributed by atoms with Crippen molar-refractivity contribution in [2.24, 2.45) is 0 Å². The minimum absolute atomic E-state index is 0.981. The van der Waals surface area contributed by atoms with E-state index in [1.165, 1.54) is 0 Å². The summed E-state index contributed by atoms with van der Waals surface area (Å²) < 4.78 is 2.04. The molecule has 68 valence electrons. The van der Waals surface area contributed by atoms with E-state index in [2.05, 4.69) is 22.1 Å². The molecule has 0 atom stereocenters. The number of rotatable bonds is 1. The standard InChI is InChI=1S/C11H9N3/c1-3-9-5-8-14(11(9)13-7-1)10-4-2-6-12-10/h1-8,12H. The van der Waals surface area contributed by atoms with Crippen molar-refractivity contribution in [1.29, 1.82) is 0 Å². The third-order valence-electron chi connectivity index (χ3n) is 2.29. The number of pyridine rings is 1. The van der Waals surface area contributed by atoms with Gasteiger partial charge in [-0.05, 0) is 30.3 Å². The van der Waals surface area contributed by atoms with E-state index in [1.807, 2.05) is 41.4 Å². The minimum atomic E-state index is 0.981. The van der Waals surface area contributed by atoms with Gasteiger partial charge in [-0.3, -0.25) is 4.57 Å². The second kappa shape index (κ2) is 2.73. The fourth-order valence-corrected chi connectivity index (χ4v) is 1.63. The lowest BCUT2D eigenvalue weighted by Crippen LogP contribution is -1.92. The summed E-state index contributed by atoms with van der Waals surface area (Å²) in [6.07, 6.45) is 5.73. The van der Waals surface area contributed by atoms with Crippen molar-refractivity contribution >= 4 is 11.0 Å². The molecule has 0 bridgehead atoms. The summed E-state index contributed by atoms with van der Waals surface area (Å²) in [5.41, 5.74) is 0.981. The molecule has 0 aromatic carbocycles. The van der Waals surface area contributed by atoms with E-state index in [0.717, 1.165) is 16.9 Å². The second-order valence-electron chi connectivity index (χ2n) is 3.16. The van der Waals surface area contributed by atoms with Crippen LogP contribution in [-0.4, -0.2) is 14.5 Å². The van der Waals surface area contributed by atoms with E-state index < -0.39 is 0 Å². The maximum Gasteiger partial charge on any atom is 0.145 e. The Morgan fingerprint density at radius 2 is 2.14 bits per heavy atom. The zero-order valence-electron chi connectivity index (χ0n) is 7.51. The summed E-state index contributed by atoms with van der Waals surface area (Å²) in [4.78, 5) is 7.49. The molecule has 0 unspecified atom stereocenters. The molecule has 0 amide bonds. The summed E-state index contributed by atoms with van der Waals surface area (Å²) in [6.45, 7) is 0. The van der Waals surface area contributed by atoms with Gasteiger partial charge in [-0.15, -0.1) is 0 Å². The Morgan fingerprint density at radius 3 is 3.00 bits per heavy atom. The highest BCUT2D eigenvalue weighted by Crippen LogP contribution is 2.16. The van der Waals surface area contributed by atoms with Crippen LogP contribution >= 0.6 is 0 Å². The number of H-pyrrole nitrogens is 1. The molecule has 3 nitrogen and oxygen atoms in total. The number of nitrogens with zero attached hydrogens (tertiary/aromatic N) is 2. The van der Waals surface area contributed by atoms with Crippen LogP contribution in [0.15, 0.2) is 48.9 Å². The third kappa shape index (κ3) is 0.956. The Kier molecular flexibility index (Phi) is 1.44. The molecule has 0 aliphatic heterocycles. The van der Waals surface area contributed by atoms with Gasteiger partial charge in [0.15, 0.2) is 0 Å². The van der Waals surface area contributed by atoms with Crippen molar-refractivity contribution in [2.45, 2.75) is 0 Å². The lowest BCUT2D eigenvalue weighted by atomic mass is 10.3. The van der Waals surface area contributed by atoms with Crippen molar-refractivity contribution in [3.05, 3.63) is 48.9 Å². The SMILES string of the molecule is c1c[nH]c(-n2ccc3cccnc32)c1. The quantitative estimate of drug-likeness (QED) is 0.617. The topological polar surface area (TPSA) is 33.6 Å². The largest absolute Gasteiger partial charge is 0.348 e. The third-order valence-corrected chi connectivity index (χ3v) is 2.29. The molecule has 3 aromatic heterocycles. The average Bonchev–Trinajstić information content (AvgIpc) is 2.85. The smallest absolute Gasteiger partial charge is 0.145 e. The summed E-state index contributed by atoms with van der Waals surface area (Å²) in [5, 5.41) is 1.15. The van der Waals surface area contributed by atoms with Gasteiger partial charge in [0.2, 0.25) is 0 Å². The molecular formula is C11H9N3. The van der Waals surface area contributed by atoms with Crippen LogP contribution in [-0.2, 0) is 0 Å². The molecule has 3 heteroatoms. The number of nitrogens with one attached hydrogen (secondary N) is 1. The zero-order chi connectivity index (χ0) is 9.38. The normalized spacial score (nSPS) is 10.9. The Hall–Kier alpha value is -2.03. The van der Waals surface area contributed by atoms with Crippen LogP contribution in [0.5, 0.6) is 0 Å². The van der Waals surface area contributed by atoms with Crippen molar-refractivity contribution in [2.75, 3.05) is 0 Å². The van der Waals surface area contributed by atoms with E-state index in [1.54, 1.807) is 0 Å². The number of hydrogen-bond acceptors (Lipinski definition) is 1. The van der Waals surface area contributed by atoms with E-state index >= 15 is 0 Å². The zero-order valence-corrected chi connectivity index (χ0v) is 7.51. The van der Waals surface area contributed by atoms with Gasteiger partial charge in [0.25, 0.3) is 0 Å². The first-order valence-electron chi connectivity index (χ1n) is 4.51. The van der Waals surface area contributed by atoms with Gasteiger partial charge in [-0.25, -0.2) is 4.98 Å².